The molecule has 1 saturated carbocycles. The van der Waals surface area contributed by atoms with E-state index in [9.17, 15) is 44.4 Å². The molecule has 0 aromatic rings. The van der Waals surface area contributed by atoms with E-state index in [0.717, 1.165) is 0 Å². The summed E-state index contributed by atoms with van der Waals surface area (Å²) in [6.45, 7) is 23.2. The van der Waals surface area contributed by atoms with E-state index < -0.39 is 138 Å². The second-order valence-corrected chi connectivity index (χ2v) is 20.7. The molecule has 22 heteroatoms. The Morgan fingerprint density at radius 1 is 0.585 bits per heavy atom. The fraction of sp³-hybridized carbons (Fsp3) is 0.884. The van der Waals surface area contributed by atoms with Gasteiger partial charge in [0.05, 0.1) is 36.4 Å². The number of hydrogen-bond donors (Lipinski definition) is 9. The summed E-state index contributed by atoms with van der Waals surface area (Å²) in [5, 5.41) is 59.2. The van der Waals surface area contributed by atoms with Crippen molar-refractivity contribution in [3.63, 3.8) is 0 Å². The quantitative estimate of drug-likeness (QED) is 0.120. The summed E-state index contributed by atoms with van der Waals surface area (Å²) < 4.78 is 47.1. The third kappa shape index (κ3) is 18.1. The Bertz CT molecular complexity index is 1590. The van der Waals surface area contributed by atoms with Crippen LogP contribution < -0.4 is 26.6 Å². The van der Waals surface area contributed by atoms with Crippen molar-refractivity contribution in [3.8, 4) is 0 Å². The molecular weight excluding hydrogens is 858 g/mol. The highest BCUT2D eigenvalue weighted by Crippen LogP contribution is 2.34. The van der Waals surface area contributed by atoms with Crippen LogP contribution in [0.5, 0.6) is 0 Å². The molecule has 5 amide bonds. The van der Waals surface area contributed by atoms with Crippen LogP contribution in [0.2, 0.25) is 0 Å². The molecule has 22 nitrogen and oxygen atoms in total. The van der Waals surface area contributed by atoms with Crippen molar-refractivity contribution in [1.29, 1.82) is 0 Å². The number of hydrogen-bond acceptors (Lipinski definition) is 17. The number of ether oxygens (including phenoxy) is 8. The lowest BCUT2D eigenvalue weighted by atomic mass is 9.83. The van der Waals surface area contributed by atoms with Gasteiger partial charge in [-0.3, -0.25) is 4.79 Å². The fourth-order valence-electron chi connectivity index (χ4n) is 7.31. The number of amides is 5. The topological polar surface area (TPSA) is 300 Å². The van der Waals surface area contributed by atoms with E-state index in [0.29, 0.717) is 6.42 Å². The molecule has 65 heavy (non-hydrogen) atoms. The van der Waals surface area contributed by atoms with Crippen LogP contribution in [-0.4, -0.2) is 165 Å². The molecule has 3 fully saturated rings. The van der Waals surface area contributed by atoms with Gasteiger partial charge in [-0.05, 0) is 115 Å². The third-order valence-electron chi connectivity index (χ3n) is 10.1. The second kappa shape index (κ2) is 22.8. The first kappa shape index (κ1) is 55.6. The minimum atomic E-state index is -1.85. The zero-order valence-electron chi connectivity index (χ0n) is 40.4. The number of carbonyl (C=O) groups is 5. The van der Waals surface area contributed by atoms with E-state index in [1.165, 1.54) is 0 Å². The molecule has 2 aliphatic heterocycles. The Balaban J connectivity index is 2.10. The van der Waals surface area contributed by atoms with Crippen LogP contribution >= 0.6 is 0 Å². The van der Waals surface area contributed by atoms with Gasteiger partial charge in [0.25, 0.3) is 0 Å². The molecule has 7 unspecified atom stereocenters. The number of alkyl carbamates (subject to hydrolysis) is 4. The molecule has 9 N–H and O–H groups in total. The van der Waals surface area contributed by atoms with Gasteiger partial charge >= 0.3 is 24.4 Å². The van der Waals surface area contributed by atoms with Crippen LogP contribution in [0.4, 0.5) is 19.2 Å². The van der Waals surface area contributed by atoms with Gasteiger partial charge in [0.2, 0.25) is 5.91 Å². The van der Waals surface area contributed by atoms with Gasteiger partial charge in [0, 0.05) is 6.54 Å². The van der Waals surface area contributed by atoms with E-state index >= 15 is 0 Å². The van der Waals surface area contributed by atoms with Gasteiger partial charge in [-0.15, -0.1) is 0 Å². The zero-order chi connectivity index (χ0) is 49.4. The third-order valence-corrected chi connectivity index (χ3v) is 10.1. The maximum atomic E-state index is 13.4. The molecule has 0 aromatic carbocycles. The van der Waals surface area contributed by atoms with E-state index in [1.54, 1.807) is 96.9 Å². The monoisotopic (exact) mass is 936 g/mol. The molecule has 0 radical (unpaired) electrons. The maximum Gasteiger partial charge on any atom is 0.408 e. The van der Waals surface area contributed by atoms with Crippen LogP contribution in [-0.2, 0) is 42.7 Å². The highest BCUT2D eigenvalue weighted by molar-refractivity contribution is 5.80. The largest absolute Gasteiger partial charge is 0.444 e. The summed E-state index contributed by atoms with van der Waals surface area (Å²) >= 11 is 0. The van der Waals surface area contributed by atoms with Crippen LogP contribution in [0.1, 0.15) is 129 Å². The van der Waals surface area contributed by atoms with Crippen molar-refractivity contribution >= 4 is 30.3 Å². The number of rotatable bonds is 13. The zero-order valence-corrected chi connectivity index (χ0v) is 40.4. The Kier molecular flexibility index (Phi) is 19.5. The summed E-state index contributed by atoms with van der Waals surface area (Å²) in [5.41, 5.74) is -3.56. The molecule has 0 aromatic heterocycles. The summed E-state index contributed by atoms with van der Waals surface area (Å²) in [5.74, 6) is -0.845. The summed E-state index contributed by atoms with van der Waals surface area (Å²) in [6.07, 6.45) is -17.3. The van der Waals surface area contributed by atoms with E-state index in [4.69, 9.17) is 37.9 Å². The molecule has 1 aliphatic carbocycles. The predicted octanol–water partition coefficient (Wildman–Crippen LogP) is 2.34. The molecule has 2 heterocycles. The summed E-state index contributed by atoms with van der Waals surface area (Å²) in [6, 6.07) is -4.78. The standard InChI is InChI=1S/C43H77N5O17/c1-15-25(49)33(53)45-23-19-24(47-38(56)64-42(9,10)11)32(30(52)31(23)61-35-29(51)27(28(50)26(16-2)59-35)48-39(57)65-43(12,13)14)60-34-22(46-37(55)63-41(6,7)8)18-17-21(58-34)20-44-36(54)62-40(3,4)5/h21-32,34-35,49-52H,15-20H2,1-14H3,(H,44,54)(H,45,53)(H,46,55)(H,47,56)(H,48,57)/t21?,22?,23-,24+,25?,26?,27+,28+,29?,30?,31-,32?,34+,35+/m1/s1. The Morgan fingerprint density at radius 3 is 1.54 bits per heavy atom. The number of nitrogens with one attached hydrogen (secondary N) is 5. The Hall–Kier alpha value is -3.77. The number of aliphatic hydroxyl groups excluding tert-OH is 4. The van der Waals surface area contributed by atoms with Crippen molar-refractivity contribution in [2.24, 2.45) is 0 Å². The maximum absolute atomic E-state index is 13.4. The minimum Gasteiger partial charge on any atom is -0.444 e. The van der Waals surface area contributed by atoms with Gasteiger partial charge in [0.15, 0.2) is 12.6 Å². The molecule has 14 atom stereocenters. The lowest BCUT2D eigenvalue weighted by molar-refractivity contribution is -0.314. The van der Waals surface area contributed by atoms with Crippen molar-refractivity contribution in [2.75, 3.05) is 6.54 Å². The molecule has 3 aliphatic rings. The van der Waals surface area contributed by atoms with Gasteiger partial charge in [-0.25, -0.2) is 19.2 Å². The van der Waals surface area contributed by atoms with Crippen LogP contribution in [0, 0.1) is 0 Å². The molecule has 2 saturated heterocycles. The molecule has 3 rings (SSSR count). The highest BCUT2D eigenvalue weighted by Gasteiger charge is 2.53. The van der Waals surface area contributed by atoms with Crippen molar-refractivity contribution < 1.29 is 82.3 Å². The second-order valence-electron chi connectivity index (χ2n) is 20.7. The van der Waals surface area contributed by atoms with E-state index in [1.807, 2.05) is 0 Å². The first-order chi connectivity index (χ1) is 29.8. The van der Waals surface area contributed by atoms with Crippen LogP contribution in [0.15, 0.2) is 0 Å². The Morgan fingerprint density at radius 2 is 1.05 bits per heavy atom. The van der Waals surface area contributed by atoms with Crippen LogP contribution in [0.25, 0.3) is 0 Å². The molecule has 0 bridgehead atoms. The van der Waals surface area contributed by atoms with Crippen molar-refractivity contribution in [1.82, 2.24) is 26.6 Å². The lowest BCUT2D eigenvalue weighted by Crippen LogP contribution is -2.70. The van der Waals surface area contributed by atoms with E-state index in [-0.39, 0.29) is 32.2 Å². The average Bonchev–Trinajstić information content (AvgIpc) is 3.13. The van der Waals surface area contributed by atoms with Crippen molar-refractivity contribution in [3.05, 3.63) is 0 Å². The molecular formula is C43H77N5O17. The Labute approximate surface area is 382 Å². The van der Waals surface area contributed by atoms with Gasteiger partial charge in [-0.2, -0.15) is 0 Å². The number of carbonyl (C=O) groups excluding carboxylic acids is 5. The SMILES string of the molecule is CCC(O)C(=O)N[C@@H]1C[C@H](NC(=O)OC(C)(C)C)C(O[C@@H]2OC(CNC(=O)OC(C)(C)C)CCC2NC(=O)OC(C)(C)C)C(O)[C@@H]1O[C@@H]1OC(CC)[C@H](O)[C@H](NC(=O)OC(C)(C)C)C1O. The number of aliphatic hydroxyl groups is 4. The van der Waals surface area contributed by atoms with E-state index in [2.05, 4.69) is 26.6 Å². The van der Waals surface area contributed by atoms with Gasteiger partial charge in [-0.1, -0.05) is 13.8 Å². The average molecular weight is 936 g/mol. The van der Waals surface area contributed by atoms with Crippen molar-refractivity contribution in [2.45, 2.75) is 237 Å². The fourth-order valence-corrected chi connectivity index (χ4v) is 7.31. The van der Waals surface area contributed by atoms with Gasteiger partial charge in [0.1, 0.15) is 59.0 Å². The molecule has 376 valence electrons. The smallest absolute Gasteiger partial charge is 0.408 e. The summed E-state index contributed by atoms with van der Waals surface area (Å²) in [7, 11) is 0. The van der Waals surface area contributed by atoms with Gasteiger partial charge < -0.3 is 84.9 Å². The normalized spacial score (nSPS) is 31.6. The summed E-state index contributed by atoms with van der Waals surface area (Å²) in [4.78, 5) is 65.4. The lowest BCUT2D eigenvalue weighted by Gasteiger charge is -2.49. The minimum absolute atomic E-state index is 0.0193. The highest BCUT2D eigenvalue weighted by atomic mass is 16.7. The predicted molar refractivity (Wildman–Crippen MR) is 231 cm³/mol. The first-order valence-electron chi connectivity index (χ1n) is 22.4. The first-order valence-corrected chi connectivity index (χ1v) is 22.4. The van der Waals surface area contributed by atoms with Crippen LogP contribution in [0.3, 0.4) is 0 Å². The molecule has 0 spiro atoms.